The summed E-state index contributed by atoms with van der Waals surface area (Å²) in [6.45, 7) is 7.48. The maximum absolute atomic E-state index is 6.12. The van der Waals surface area contributed by atoms with E-state index in [1.165, 1.54) is 23.4 Å². The van der Waals surface area contributed by atoms with Crippen molar-refractivity contribution in [2.45, 2.75) is 32.7 Å². The highest BCUT2D eigenvalue weighted by Gasteiger charge is 2.46. The number of nitrogens with one attached hydrogen (secondary N) is 1. The highest BCUT2D eigenvalue weighted by molar-refractivity contribution is 7.99. The van der Waals surface area contributed by atoms with Crippen molar-refractivity contribution in [3.8, 4) is 0 Å². The van der Waals surface area contributed by atoms with Crippen molar-refractivity contribution in [3.05, 3.63) is 29.8 Å². The Balaban J connectivity index is 2.27. The van der Waals surface area contributed by atoms with Gasteiger partial charge in [0, 0.05) is 18.0 Å². The number of nitrogens with two attached hydrogens (primary N) is 1. The van der Waals surface area contributed by atoms with Gasteiger partial charge in [0.05, 0.1) is 5.54 Å². The van der Waals surface area contributed by atoms with Gasteiger partial charge in [0.25, 0.3) is 0 Å². The average Bonchev–Trinajstić information content (AvgIpc) is 2.32. The molecule has 1 aliphatic heterocycles. The summed E-state index contributed by atoms with van der Waals surface area (Å²) < 4.78 is 0. The van der Waals surface area contributed by atoms with E-state index in [4.69, 9.17) is 5.73 Å². The van der Waals surface area contributed by atoms with Gasteiger partial charge in [0.2, 0.25) is 0 Å². The van der Waals surface area contributed by atoms with Crippen molar-refractivity contribution in [1.29, 1.82) is 0 Å². The maximum Gasteiger partial charge on any atom is 0.0636 e. The molecule has 2 nitrogen and oxygen atoms in total. The average molecular weight is 264 g/mol. The lowest BCUT2D eigenvalue weighted by molar-refractivity contribution is 0.203. The summed E-state index contributed by atoms with van der Waals surface area (Å²) in [5, 5.41) is 3.73. The molecule has 1 aromatic carbocycles. The standard InChI is InChI=1S/C15H24N2S/c1-12-5-4-6-13(9-12)17-15(10-16)11-18-8-7-14(15,2)3/h4-6,9,17H,7-8,10-11,16H2,1-3H3. The normalized spacial score (nSPS) is 26.9. The fourth-order valence-electron chi connectivity index (χ4n) is 2.60. The van der Waals surface area contributed by atoms with Gasteiger partial charge < -0.3 is 11.1 Å². The first kappa shape index (κ1) is 13.8. The van der Waals surface area contributed by atoms with Gasteiger partial charge in [-0.05, 0) is 42.2 Å². The second-order valence-electron chi connectivity index (χ2n) is 5.97. The third-order valence-corrected chi connectivity index (χ3v) is 5.46. The Hall–Kier alpha value is -0.670. The van der Waals surface area contributed by atoms with E-state index in [2.05, 4.69) is 50.4 Å². The number of aryl methyl sites for hydroxylation is 1. The van der Waals surface area contributed by atoms with E-state index in [1.807, 2.05) is 11.8 Å². The van der Waals surface area contributed by atoms with Crippen LogP contribution >= 0.6 is 11.8 Å². The maximum atomic E-state index is 6.12. The predicted molar refractivity (Wildman–Crippen MR) is 82.3 cm³/mol. The second kappa shape index (κ2) is 5.14. The Morgan fingerprint density at radius 3 is 2.78 bits per heavy atom. The van der Waals surface area contributed by atoms with Crippen molar-refractivity contribution in [2.24, 2.45) is 11.1 Å². The van der Waals surface area contributed by atoms with Gasteiger partial charge in [-0.2, -0.15) is 11.8 Å². The minimum absolute atomic E-state index is 0.00368. The van der Waals surface area contributed by atoms with Crippen molar-refractivity contribution >= 4 is 17.4 Å². The molecular formula is C15H24N2S. The van der Waals surface area contributed by atoms with Gasteiger partial charge in [-0.15, -0.1) is 0 Å². The summed E-state index contributed by atoms with van der Waals surface area (Å²) in [4.78, 5) is 0. The Bertz CT molecular complexity index is 417. The zero-order chi connectivity index (χ0) is 13.2. The highest BCUT2D eigenvalue weighted by Crippen LogP contribution is 2.43. The third-order valence-electron chi connectivity index (χ3n) is 4.27. The molecule has 1 saturated heterocycles. The molecule has 0 aliphatic carbocycles. The summed E-state index contributed by atoms with van der Waals surface area (Å²) >= 11 is 2.01. The van der Waals surface area contributed by atoms with E-state index in [9.17, 15) is 0 Å². The summed E-state index contributed by atoms with van der Waals surface area (Å²) in [6, 6.07) is 8.57. The van der Waals surface area contributed by atoms with Crippen LogP contribution in [0.1, 0.15) is 25.8 Å². The lowest BCUT2D eigenvalue weighted by atomic mass is 9.70. The van der Waals surface area contributed by atoms with Crippen LogP contribution in [0.15, 0.2) is 24.3 Å². The molecule has 1 atom stereocenters. The van der Waals surface area contributed by atoms with Crippen LogP contribution in [0.3, 0.4) is 0 Å². The van der Waals surface area contributed by atoms with Gasteiger partial charge in [-0.3, -0.25) is 0 Å². The van der Waals surface area contributed by atoms with Gasteiger partial charge in [-0.25, -0.2) is 0 Å². The summed E-state index contributed by atoms with van der Waals surface area (Å²) in [5.74, 6) is 2.33. The molecule has 1 unspecified atom stereocenters. The fraction of sp³-hybridized carbons (Fsp3) is 0.600. The van der Waals surface area contributed by atoms with Crippen LogP contribution in [0.4, 0.5) is 5.69 Å². The Kier molecular flexibility index (Phi) is 3.93. The molecule has 0 bridgehead atoms. The number of hydrogen-bond donors (Lipinski definition) is 2. The first-order valence-corrected chi connectivity index (χ1v) is 7.77. The molecule has 0 saturated carbocycles. The van der Waals surface area contributed by atoms with E-state index in [1.54, 1.807) is 0 Å². The largest absolute Gasteiger partial charge is 0.377 e. The van der Waals surface area contributed by atoms with E-state index in [0.717, 1.165) is 5.75 Å². The molecule has 1 aliphatic rings. The van der Waals surface area contributed by atoms with Crippen LogP contribution in [-0.2, 0) is 0 Å². The SMILES string of the molecule is Cc1cccc(NC2(CN)CSCCC2(C)C)c1. The zero-order valence-electron chi connectivity index (χ0n) is 11.6. The molecule has 3 heteroatoms. The molecule has 100 valence electrons. The fourth-order valence-corrected chi connectivity index (χ4v) is 4.33. The number of hydrogen-bond acceptors (Lipinski definition) is 3. The minimum atomic E-state index is 0.00368. The molecule has 1 aromatic rings. The number of thioether (sulfide) groups is 1. The first-order valence-electron chi connectivity index (χ1n) is 6.62. The molecule has 18 heavy (non-hydrogen) atoms. The van der Waals surface area contributed by atoms with Crippen molar-refractivity contribution in [3.63, 3.8) is 0 Å². The highest BCUT2D eigenvalue weighted by atomic mass is 32.2. The van der Waals surface area contributed by atoms with E-state index in [0.29, 0.717) is 6.54 Å². The molecular weight excluding hydrogens is 240 g/mol. The molecule has 0 radical (unpaired) electrons. The topological polar surface area (TPSA) is 38.0 Å². The minimum Gasteiger partial charge on any atom is -0.377 e. The van der Waals surface area contributed by atoms with Crippen molar-refractivity contribution in [1.82, 2.24) is 0 Å². The van der Waals surface area contributed by atoms with E-state index >= 15 is 0 Å². The zero-order valence-corrected chi connectivity index (χ0v) is 12.4. The lowest BCUT2D eigenvalue weighted by Gasteiger charge is -2.50. The Labute approximate surface area is 115 Å². The van der Waals surface area contributed by atoms with Crippen LogP contribution in [0.2, 0.25) is 0 Å². The lowest BCUT2D eigenvalue weighted by Crippen LogP contribution is -2.60. The summed E-state index contributed by atoms with van der Waals surface area (Å²) in [5.41, 5.74) is 8.84. The van der Waals surface area contributed by atoms with Crippen molar-refractivity contribution in [2.75, 3.05) is 23.4 Å². The van der Waals surface area contributed by atoms with Crippen LogP contribution < -0.4 is 11.1 Å². The third kappa shape index (κ3) is 2.52. The van der Waals surface area contributed by atoms with Gasteiger partial charge >= 0.3 is 0 Å². The number of benzene rings is 1. The first-order chi connectivity index (χ1) is 8.49. The summed E-state index contributed by atoms with van der Waals surface area (Å²) in [6.07, 6.45) is 1.22. The molecule has 1 heterocycles. The molecule has 0 aromatic heterocycles. The van der Waals surface area contributed by atoms with E-state index in [-0.39, 0.29) is 11.0 Å². The predicted octanol–water partition coefficient (Wildman–Crippen LogP) is 3.27. The molecule has 1 fully saturated rings. The molecule has 2 rings (SSSR count). The Morgan fingerprint density at radius 2 is 2.17 bits per heavy atom. The smallest absolute Gasteiger partial charge is 0.0636 e. The molecule has 0 spiro atoms. The molecule has 3 N–H and O–H groups in total. The van der Waals surface area contributed by atoms with E-state index < -0.39 is 0 Å². The number of anilines is 1. The monoisotopic (exact) mass is 264 g/mol. The second-order valence-corrected chi connectivity index (χ2v) is 7.07. The van der Waals surface area contributed by atoms with Crippen LogP contribution in [0, 0.1) is 12.3 Å². The summed E-state index contributed by atoms with van der Waals surface area (Å²) in [7, 11) is 0. The Morgan fingerprint density at radius 1 is 1.39 bits per heavy atom. The molecule has 0 amide bonds. The quantitative estimate of drug-likeness (QED) is 0.880. The number of rotatable bonds is 3. The van der Waals surface area contributed by atoms with Gasteiger partial charge in [0.1, 0.15) is 0 Å². The van der Waals surface area contributed by atoms with Crippen LogP contribution in [-0.4, -0.2) is 23.6 Å². The van der Waals surface area contributed by atoms with Gasteiger partial charge in [-0.1, -0.05) is 26.0 Å². The van der Waals surface area contributed by atoms with Gasteiger partial charge in [0.15, 0.2) is 0 Å². The van der Waals surface area contributed by atoms with Crippen LogP contribution in [0.5, 0.6) is 0 Å². The van der Waals surface area contributed by atoms with Crippen molar-refractivity contribution < 1.29 is 0 Å². The van der Waals surface area contributed by atoms with Crippen LogP contribution in [0.25, 0.3) is 0 Å².